The second kappa shape index (κ2) is 6.15. The zero-order valence-corrected chi connectivity index (χ0v) is 12.1. The van der Waals surface area contributed by atoms with E-state index in [4.69, 9.17) is 16.3 Å². The topological polar surface area (TPSA) is 12.5 Å². The van der Waals surface area contributed by atoms with Crippen LogP contribution in [0.3, 0.4) is 0 Å². The number of alkyl halides is 1. The summed E-state index contributed by atoms with van der Waals surface area (Å²) in [6.07, 6.45) is 5.11. The van der Waals surface area contributed by atoms with Crippen LogP contribution in [0, 0.1) is 0 Å². The summed E-state index contributed by atoms with van der Waals surface area (Å²) < 4.78 is 5.80. The molecule has 104 valence electrons. The normalized spacial score (nSPS) is 27.0. The Balaban J connectivity index is 1.67. The summed E-state index contributed by atoms with van der Waals surface area (Å²) in [6.45, 7) is 3.18. The Bertz CT molecular complexity index is 421. The van der Waals surface area contributed by atoms with Crippen LogP contribution in [-0.2, 0) is 0 Å². The Labute approximate surface area is 120 Å². The molecule has 1 aromatic carbocycles. The maximum absolute atomic E-state index is 5.95. The second-order valence-electron chi connectivity index (χ2n) is 5.67. The number of rotatable bonds is 4. The maximum atomic E-state index is 5.95. The number of piperidine rings is 1. The molecule has 0 spiro atoms. The van der Waals surface area contributed by atoms with Crippen molar-refractivity contribution in [1.82, 2.24) is 4.90 Å². The van der Waals surface area contributed by atoms with E-state index in [0.717, 1.165) is 31.2 Å². The molecule has 2 heterocycles. The fraction of sp³-hybridized carbons (Fsp3) is 0.625. The van der Waals surface area contributed by atoms with Crippen LogP contribution >= 0.6 is 11.6 Å². The van der Waals surface area contributed by atoms with Gasteiger partial charge in [-0.05, 0) is 31.9 Å². The van der Waals surface area contributed by atoms with Crippen molar-refractivity contribution >= 4 is 11.6 Å². The molecule has 0 bridgehead atoms. The van der Waals surface area contributed by atoms with Crippen molar-refractivity contribution in [2.24, 2.45) is 0 Å². The van der Waals surface area contributed by atoms with Crippen LogP contribution < -0.4 is 4.74 Å². The third kappa shape index (κ3) is 2.90. The highest BCUT2D eigenvalue weighted by atomic mass is 35.5. The summed E-state index contributed by atoms with van der Waals surface area (Å²) in [5, 5.41) is 0. The highest BCUT2D eigenvalue weighted by Gasteiger charge is 2.29. The van der Waals surface area contributed by atoms with E-state index in [9.17, 15) is 0 Å². The number of nitrogens with zero attached hydrogens (tertiary/aromatic N) is 1. The molecule has 2 nitrogen and oxygen atoms in total. The molecule has 0 aliphatic carbocycles. The first-order valence-corrected chi connectivity index (χ1v) is 7.93. The Morgan fingerprint density at radius 2 is 2.16 bits per heavy atom. The van der Waals surface area contributed by atoms with Gasteiger partial charge in [-0.3, -0.25) is 4.90 Å². The van der Waals surface area contributed by atoms with Crippen LogP contribution in [0.4, 0.5) is 0 Å². The Hall–Kier alpha value is -0.730. The second-order valence-corrected chi connectivity index (χ2v) is 6.05. The van der Waals surface area contributed by atoms with Crippen LogP contribution in [0.5, 0.6) is 5.75 Å². The van der Waals surface area contributed by atoms with Crippen molar-refractivity contribution in [2.75, 3.05) is 25.6 Å². The summed E-state index contributed by atoms with van der Waals surface area (Å²) in [7, 11) is 0. The third-order valence-electron chi connectivity index (χ3n) is 4.45. The highest BCUT2D eigenvalue weighted by Crippen LogP contribution is 2.35. The molecule has 1 fully saturated rings. The standard InChI is InChI=1S/C16H22ClNO/c17-9-8-14-5-3-4-10-18(14)11-13-12-19-16-7-2-1-6-15(13)16/h1-2,6-7,13-14H,3-5,8-12H2. The van der Waals surface area contributed by atoms with E-state index in [1.54, 1.807) is 0 Å². The average molecular weight is 280 g/mol. The Morgan fingerprint density at radius 3 is 3.05 bits per heavy atom. The zero-order valence-electron chi connectivity index (χ0n) is 11.4. The number of ether oxygens (including phenoxy) is 1. The molecule has 2 aliphatic rings. The van der Waals surface area contributed by atoms with Gasteiger partial charge in [-0.1, -0.05) is 24.6 Å². The molecule has 3 rings (SSSR count). The van der Waals surface area contributed by atoms with Gasteiger partial charge in [0.25, 0.3) is 0 Å². The molecular weight excluding hydrogens is 258 g/mol. The molecule has 1 saturated heterocycles. The lowest BCUT2D eigenvalue weighted by molar-refractivity contribution is 0.130. The van der Waals surface area contributed by atoms with Crippen molar-refractivity contribution in [3.8, 4) is 5.75 Å². The number of fused-ring (bicyclic) bond motifs is 1. The minimum Gasteiger partial charge on any atom is -0.493 e. The zero-order chi connectivity index (χ0) is 13.1. The van der Waals surface area contributed by atoms with Gasteiger partial charge >= 0.3 is 0 Å². The molecule has 2 unspecified atom stereocenters. The average Bonchev–Trinajstić information content (AvgIpc) is 2.85. The lowest BCUT2D eigenvalue weighted by atomic mass is 9.95. The van der Waals surface area contributed by atoms with Gasteiger partial charge in [0.15, 0.2) is 0 Å². The minimum atomic E-state index is 0.534. The van der Waals surface area contributed by atoms with Crippen LogP contribution in [-0.4, -0.2) is 36.5 Å². The highest BCUT2D eigenvalue weighted by molar-refractivity contribution is 6.17. The molecule has 3 heteroatoms. The van der Waals surface area contributed by atoms with Crippen molar-refractivity contribution < 1.29 is 4.74 Å². The van der Waals surface area contributed by atoms with E-state index in [2.05, 4.69) is 29.2 Å². The first-order valence-electron chi connectivity index (χ1n) is 7.40. The summed E-state index contributed by atoms with van der Waals surface area (Å²) >= 11 is 5.95. The summed E-state index contributed by atoms with van der Waals surface area (Å²) in [4.78, 5) is 2.64. The van der Waals surface area contributed by atoms with Crippen LogP contribution in [0.2, 0.25) is 0 Å². The van der Waals surface area contributed by atoms with Gasteiger partial charge in [-0.2, -0.15) is 0 Å². The van der Waals surface area contributed by atoms with E-state index >= 15 is 0 Å². The molecule has 0 N–H and O–H groups in total. The van der Waals surface area contributed by atoms with Gasteiger partial charge in [-0.25, -0.2) is 0 Å². The number of hydrogen-bond acceptors (Lipinski definition) is 2. The Morgan fingerprint density at radius 1 is 1.26 bits per heavy atom. The summed E-state index contributed by atoms with van der Waals surface area (Å²) in [6, 6.07) is 9.15. The van der Waals surface area contributed by atoms with Crippen LogP contribution in [0.25, 0.3) is 0 Å². The molecule has 0 amide bonds. The van der Waals surface area contributed by atoms with E-state index in [1.807, 2.05) is 0 Å². The number of likely N-dealkylation sites (tertiary alicyclic amines) is 1. The van der Waals surface area contributed by atoms with Gasteiger partial charge in [0.1, 0.15) is 5.75 Å². The monoisotopic (exact) mass is 279 g/mol. The lowest BCUT2D eigenvalue weighted by Crippen LogP contribution is -2.42. The molecule has 1 aromatic rings. The molecule has 2 aliphatic heterocycles. The molecule has 2 atom stereocenters. The van der Waals surface area contributed by atoms with Crippen molar-refractivity contribution in [3.05, 3.63) is 29.8 Å². The number of halogens is 1. The third-order valence-corrected chi connectivity index (χ3v) is 4.66. The molecule has 0 saturated carbocycles. The Kier molecular flexibility index (Phi) is 4.29. The van der Waals surface area contributed by atoms with Gasteiger partial charge in [-0.15, -0.1) is 11.6 Å². The number of para-hydroxylation sites is 1. The minimum absolute atomic E-state index is 0.534. The van der Waals surface area contributed by atoms with E-state index in [0.29, 0.717) is 12.0 Å². The predicted molar refractivity (Wildman–Crippen MR) is 79.2 cm³/mol. The quantitative estimate of drug-likeness (QED) is 0.780. The van der Waals surface area contributed by atoms with E-state index in [1.165, 1.54) is 31.4 Å². The fourth-order valence-corrected chi connectivity index (χ4v) is 3.67. The summed E-state index contributed by atoms with van der Waals surface area (Å²) in [5.74, 6) is 2.39. The van der Waals surface area contributed by atoms with E-state index < -0.39 is 0 Å². The molecule has 19 heavy (non-hydrogen) atoms. The molecule has 0 aromatic heterocycles. The SMILES string of the molecule is ClCCC1CCCCN1CC1COc2ccccc21. The molecular formula is C16H22ClNO. The van der Waals surface area contributed by atoms with Gasteiger partial charge < -0.3 is 4.74 Å². The van der Waals surface area contributed by atoms with Crippen molar-refractivity contribution in [3.63, 3.8) is 0 Å². The summed E-state index contributed by atoms with van der Waals surface area (Å²) in [5.41, 5.74) is 1.39. The largest absolute Gasteiger partial charge is 0.493 e. The van der Waals surface area contributed by atoms with Crippen molar-refractivity contribution in [2.45, 2.75) is 37.6 Å². The van der Waals surface area contributed by atoms with Crippen LogP contribution in [0.15, 0.2) is 24.3 Å². The van der Waals surface area contributed by atoms with E-state index in [-0.39, 0.29) is 0 Å². The lowest BCUT2D eigenvalue weighted by Gasteiger charge is -2.36. The number of hydrogen-bond donors (Lipinski definition) is 0. The first-order chi connectivity index (χ1) is 9.38. The van der Waals surface area contributed by atoms with Gasteiger partial charge in [0.2, 0.25) is 0 Å². The smallest absolute Gasteiger partial charge is 0.122 e. The predicted octanol–water partition coefficient (Wildman–Crippen LogP) is 3.65. The van der Waals surface area contributed by atoms with Gasteiger partial charge in [0, 0.05) is 29.9 Å². The van der Waals surface area contributed by atoms with Crippen LogP contribution in [0.1, 0.15) is 37.2 Å². The maximum Gasteiger partial charge on any atom is 0.122 e. The van der Waals surface area contributed by atoms with Gasteiger partial charge in [0.05, 0.1) is 6.61 Å². The van der Waals surface area contributed by atoms with Crippen molar-refractivity contribution in [1.29, 1.82) is 0 Å². The molecule has 0 radical (unpaired) electrons. The first kappa shape index (κ1) is 13.3. The fourth-order valence-electron chi connectivity index (χ4n) is 3.42. The number of benzene rings is 1.